The third-order valence-corrected chi connectivity index (χ3v) is 6.52. The Morgan fingerprint density at radius 3 is 2.56 bits per heavy atom. The molecule has 0 saturated carbocycles. The number of phenolic OH excluding ortho intramolecular Hbond substituents is 1. The van der Waals surface area contributed by atoms with Crippen molar-refractivity contribution in [2.75, 3.05) is 32.1 Å². The van der Waals surface area contributed by atoms with E-state index in [9.17, 15) is 19.1 Å². The van der Waals surface area contributed by atoms with Crippen LogP contribution in [0.25, 0.3) is 0 Å². The zero-order valence-electron chi connectivity index (χ0n) is 21.3. The summed E-state index contributed by atoms with van der Waals surface area (Å²) >= 11 is 6.02. The van der Waals surface area contributed by atoms with Crippen LogP contribution in [0, 0.1) is 23.6 Å². The van der Waals surface area contributed by atoms with Crippen LogP contribution < -0.4 is 10.6 Å². The molecule has 7 nitrogen and oxygen atoms in total. The van der Waals surface area contributed by atoms with Crippen molar-refractivity contribution in [2.45, 2.75) is 12.8 Å². The van der Waals surface area contributed by atoms with E-state index in [0.29, 0.717) is 27.5 Å². The number of nitrogens with zero attached hydrogens (tertiary/aromatic N) is 1. The molecule has 0 atom stereocenters. The second-order valence-corrected chi connectivity index (χ2v) is 9.34. The molecule has 1 amide bonds. The number of halogens is 2. The molecule has 0 radical (unpaired) electrons. The highest BCUT2D eigenvalue weighted by Crippen LogP contribution is 2.24. The van der Waals surface area contributed by atoms with Crippen molar-refractivity contribution in [3.63, 3.8) is 0 Å². The summed E-state index contributed by atoms with van der Waals surface area (Å²) in [5.74, 6) is 4.47. The summed E-state index contributed by atoms with van der Waals surface area (Å²) in [6.07, 6.45) is 1.52. The maximum atomic E-state index is 14.0. The molecule has 1 aliphatic heterocycles. The molecule has 0 bridgehead atoms. The summed E-state index contributed by atoms with van der Waals surface area (Å²) in [5, 5.41) is 17.0. The average molecular weight is 548 g/mol. The molecule has 0 aliphatic carbocycles. The third kappa shape index (κ3) is 7.23. The molecule has 3 aromatic carbocycles. The summed E-state index contributed by atoms with van der Waals surface area (Å²) in [5.41, 5.74) is 2.27. The fourth-order valence-corrected chi connectivity index (χ4v) is 4.36. The molecule has 0 spiro atoms. The van der Waals surface area contributed by atoms with Crippen LogP contribution in [0.5, 0.6) is 5.75 Å². The van der Waals surface area contributed by atoms with E-state index in [0.717, 1.165) is 32.0 Å². The summed E-state index contributed by atoms with van der Waals surface area (Å²) < 4.78 is 18.9. The number of carbonyl (C=O) groups is 2. The first-order chi connectivity index (χ1) is 18.9. The monoisotopic (exact) mass is 547 g/mol. The van der Waals surface area contributed by atoms with Gasteiger partial charge in [0, 0.05) is 33.3 Å². The smallest absolute Gasteiger partial charge is 0.339 e. The van der Waals surface area contributed by atoms with Gasteiger partial charge in [0.15, 0.2) is 0 Å². The van der Waals surface area contributed by atoms with Gasteiger partial charge in [-0.3, -0.25) is 9.79 Å². The van der Waals surface area contributed by atoms with Gasteiger partial charge in [-0.2, -0.15) is 0 Å². The topological polar surface area (TPSA) is 100 Å². The van der Waals surface area contributed by atoms with Gasteiger partial charge in [0.05, 0.1) is 18.4 Å². The van der Waals surface area contributed by atoms with E-state index in [4.69, 9.17) is 16.3 Å². The first kappa shape index (κ1) is 27.8. The number of phenols is 1. The molecule has 0 aromatic heterocycles. The third-order valence-electron chi connectivity index (χ3n) is 6.27. The summed E-state index contributed by atoms with van der Waals surface area (Å²) in [6, 6.07) is 15.2. The number of methoxy groups -OCH3 is 1. The van der Waals surface area contributed by atoms with Crippen LogP contribution in [0.3, 0.4) is 0 Å². The molecule has 9 heteroatoms. The second-order valence-electron chi connectivity index (χ2n) is 8.90. The average Bonchev–Trinajstić information content (AvgIpc) is 2.95. The lowest BCUT2D eigenvalue weighted by Gasteiger charge is -2.21. The zero-order valence-corrected chi connectivity index (χ0v) is 22.0. The molecule has 1 heterocycles. The van der Waals surface area contributed by atoms with Crippen LogP contribution in [0.15, 0.2) is 65.7 Å². The summed E-state index contributed by atoms with van der Waals surface area (Å²) in [6.45, 7) is 1.56. The van der Waals surface area contributed by atoms with Gasteiger partial charge in [0.1, 0.15) is 18.1 Å². The molecule has 1 saturated heterocycles. The van der Waals surface area contributed by atoms with Gasteiger partial charge in [-0.1, -0.05) is 35.6 Å². The van der Waals surface area contributed by atoms with Gasteiger partial charge in [-0.25, -0.2) is 9.18 Å². The number of amides is 1. The standard InChI is InChI=1S/C30H27ClFN3O4/c1-39-30(38)25-10-9-24(35-29(37)20-12-15-33-16-13-20)17-21(25)3-2-14-34-28(19-4-6-22(31)7-5-19)26-18-23(32)8-11-27(26)36/h4-11,17-18,20,33,36H,12-16H2,1H3,(H,35,37). The van der Waals surface area contributed by atoms with Crippen LogP contribution in [0.2, 0.25) is 5.02 Å². The molecule has 39 heavy (non-hydrogen) atoms. The molecular weight excluding hydrogens is 521 g/mol. The molecule has 3 aromatic rings. The Labute approximate surface area is 231 Å². The van der Waals surface area contributed by atoms with Gasteiger partial charge in [-0.05, 0) is 74.5 Å². The van der Waals surface area contributed by atoms with Crippen LogP contribution in [-0.2, 0) is 9.53 Å². The van der Waals surface area contributed by atoms with Crippen molar-refractivity contribution < 1.29 is 23.8 Å². The Hall–Kier alpha value is -4.19. The molecule has 200 valence electrons. The number of rotatable bonds is 6. The van der Waals surface area contributed by atoms with Gasteiger partial charge >= 0.3 is 5.97 Å². The minimum absolute atomic E-state index is 0.0276. The van der Waals surface area contributed by atoms with Crippen molar-refractivity contribution in [3.05, 3.63) is 93.8 Å². The number of anilines is 1. The maximum absolute atomic E-state index is 14.0. The van der Waals surface area contributed by atoms with Gasteiger partial charge in [0.2, 0.25) is 5.91 Å². The first-order valence-electron chi connectivity index (χ1n) is 12.4. The van der Waals surface area contributed by atoms with Crippen molar-refractivity contribution in [3.8, 4) is 17.6 Å². The normalized spacial score (nSPS) is 13.8. The zero-order chi connectivity index (χ0) is 27.8. The Morgan fingerprint density at radius 1 is 1.10 bits per heavy atom. The van der Waals surface area contributed by atoms with Crippen molar-refractivity contribution in [2.24, 2.45) is 10.9 Å². The number of nitrogens with one attached hydrogen (secondary N) is 2. The Balaban J connectivity index is 1.63. The lowest BCUT2D eigenvalue weighted by atomic mass is 9.97. The van der Waals surface area contributed by atoms with E-state index >= 15 is 0 Å². The Morgan fingerprint density at radius 2 is 1.85 bits per heavy atom. The van der Waals surface area contributed by atoms with Gasteiger partial charge in [-0.15, -0.1) is 0 Å². The predicted octanol–water partition coefficient (Wildman–Crippen LogP) is 4.80. The highest BCUT2D eigenvalue weighted by molar-refractivity contribution is 6.30. The lowest BCUT2D eigenvalue weighted by molar-refractivity contribution is -0.120. The highest BCUT2D eigenvalue weighted by atomic mass is 35.5. The van der Waals surface area contributed by atoms with Crippen LogP contribution in [0.1, 0.15) is 39.9 Å². The highest BCUT2D eigenvalue weighted by Gasteiger charge is 2.21. The van der Waals surface area contributed by atoms with Crippen molar-refractivity contribution in [1.29, 1.82) is 0 Å². The number of aromatic hydroxyl groups is 1. The van der Waals surface area contributed by atoms with E-state index < -0.39 is 11.8 Å². The van der Waals surface area contributed by atoms with Crippen molar-refractivity contribution >= 4 is 34.9 Å². The second kappa shape index (κ2) is 13.1. The summed E-state index contributed by atoms with van der Waals surface area (Å²) in [4.78, 5) is 29.5. The van der Waals surface area contributed by atoms with Crippen molar-refractivity contribution in [1.82, 2.24) is 5.32 Å². The number of benzene rings is 3. The summed E-state index contributed by atoms with van der Waals surface area (Å²) in [7, 11) is 1.28. The first-order valence-corrected chi connectivity index (χ1v) is 12.8. The molecule has 1 aliphatic rings. The number of aliphatic imine (C=N–C) groups is 1. The van der Waals surface area contributed by atoms with E-state index in [1.807, 2.05) is 0 Å². The van der Waals surface area contributed by atoms with E-state index in [1.54, 1.807) is 42.5 Å². The minimum atomic E-state index is -0.564. The predicted molar refractivity (Wildman–Crippen MR) is 149 cm³/mol. The molecule has 3 N–H and O–H groups in total. The lowest BCUT2D eigenvalue weighted by Crippen LogP contribution is -2.34. The number of esters is 1. The Kier molecular flexibility index (Phi) is 9.31. The van der Waals surface area contributed by atoms with E-state index in [-0.39, 0.29) is 35.2 Å². The SMILES string of the molecule is COC(=O)c1ccc(NC(=O)C2CCNCC2)cc1C#CCN=C(c1ccc(Cl)cc1)c1cc(F)ccc1O. The molecule has 4 rings (SSSR count). The molecule has 0 unspecified atom stereocenters. The number of hydrogen-bond donors (Lipinski definition) is 3. The number of hydrogen-bond acceptors (Lipinski definition) is 6. The van der Waals surface area contributed by atoms with Crippen LogP contribution in [0.4, 0.5) is 10.1 Å². The van der Waals surface area contributed by atoms with Gasteiger partial charge < -0.3 is 20.5 Å². The fourth-order valence-electron chi connectivity index (χ4n) is 4.23. The Bertz CT molecular complexity index is 1460. The molecular formula is C30H27ClFN3O4. The largest absolute Gasteiger partial charge is 0.507 e. The van der Waals surface area contributed by atoms with Gasteiger partial charge in [0.25, 0.3) is 0 Å². The minimum Gasteiger partial charge on any atom is -0.507 e. The van der Waals surface area contributed by atoms with E-state index in [2.05, 4.69) is 27.5 Å². The number of piperidine rings is 1. The fraction of sp³-hybridized carbons (Fsp3) is 0.233. The number of carbonyl (C=O) groups excluding carboxylic acids is 2. The molecule has 1 fully saturated rings. The van der Waals surface area contributed by atoms with E-state index in [1.165, 1.54) is 19.2 Å². The van der Waals surface area contributed by atoms with Crippen LogP contribution in [-0.4, -0.2) is 49.4 Å². The maximum Gasteiger partial charge on any atom is 0.339 e. The quantitative estimate of drug-likeness (QED) is 0.234. The number of ether oxygens (including phenoxy) is 1. The van der Waals surface area contributed by atoms with Crippen LogP contribution >= 0.6 is 11.6 Å².